The molecule has 0 aliphatic heterocycles. The van der Waals surface area contributed by atoms with Gasteiger partial charge in [0, 0.05) is 5.92 Å². The molecule has 0 unspecified atom stereocenters. The van der Waals surface area contributed by atoms with E-state index in [0.29, 0.717) is 17.8 Å². The third-order valence-electron chi connectivity index (χ3n) is 9.49. The number of rotatable bonds is 3. The number of nitrogens with zero attached hydrogens (tertiary/aromatic N) is 1. The lowest BCUT2D eigenvalue weighted by Crippen LogP contribution is -2.51. The standard InChI is InChI=1S/C24H34N2O2S/c1-13(27)21-17(18(12-25)22(26)29)11-20-16-5-4-14-10-15(28)6-8-23(14,2)19(16)7-9-24(20,21)3/h4,15-21,28H,5-11H2,1-3H3,(H2,26,29)/t15-,16+,17-,18+,19-,20-,21-,23-,24-/m0/s1. The first-order valence-corrected chi connectivity index (χ1v) is 11.6. The fourth-order valence-electron chi connectivity index (χ4n) is 8.20. The molecule has 0 radical (unpaired) electrons. The van der Waals surface area contributed by atoms with E-state index in [1.165, 1.54) is 5.57 Å². The summed E-state index contributed by atoms with van der Waals surface area (Å²) in [6, 6.07) is 2.33. The minimum absolute atomic E-state index is 0.0601. The summed E-state index contributed by atoms with van der Waals surface area (Å²) in [6.45, 7) is 6.39. The zero-order chi connectivity index (χ0) is 21.1. The quantitative estimate of drug-likeness (QED) is 0.535. The molecule has 0 bridgehead atoms. The molecule has 3 N–H and O–H groups in total. The molecule has 4 aliphatic rings. The van der Waals surface area contributed by atoms with E-state index in [-0.39, 0.29) is 39.5 Å². The molecule has 3 fully saturated rings. The van der Waals surface area contributed by atoms with Crippen molar-refractivity contribution in [3.05, 3.63) is 11.6 Å². The van der Waals surface area contributed by atoms with Crippen LogP contribution in [0, 0.1) is 57.7 Å². The van der Waals surface area contributed by atoms with E-state index >= 15 is 0 Å². The van der Waals surface area contributed by atoms with E-state index in [9.17, 15) is 15.2 Å². The van der Waals surface area contributed by atoms with Gasteiger partial charge in [-0.3, -0.25) is 4.79 Å². The summed E-state index contributed by atoms with van der Waals surface area (Å²) >= 11 is 5.22. The molecule has 0 aromatic rings. The minimum Gasteiger partial charge on any atom is -0.393 e. The van der Waals surface area contributed by atoms with E-state index in [4.69, 9.17) is 18.0 Å². The molecule has 5 heteroatoms. The average molecular weight is 415 g/mol. The van der Waals surface area contributed by atoms with E-state index in [1.807, 2.05) is 0 Å². The van der Waals surface area contributed by atoms with Gasteiger partial charge in [0.1, 0.15) is 5.78 Å². The molecule has 3 saturated carbocycles. The molecule has 4 nitrogen and oxygen atoms in total. The van der Waals surface area contributed by atoms with Crippen molar-refractivity contribution in [3.63, 3.8) is 0 Å². The first-order chi connectivity index (χ1) is 13.6. The van der Waals surface area contributed by atoms with E-state index in [1.54, 1.807) is 6.92 Å². The first kappa shape index (κ1) is 21.0. The number of allylic oxidation sites excluding steroid dienone is 1. The monoisotopic (exact) mass is 414 g/mol. The maximum absolute atomic E-state index is 12.8. The van der Waals surface area contributed by atoms with Crippen LogP contribution in [0.3, 0.4) is 0 Å². The predicted octanol–water partition coefficient (Wildman–Crippen LogP) is 4.17. The van der Waals surface area contributed by atoms with Crippen LogP contribution in [0.25, 0.3) is 0 Å². The maximum atomic E-state index is 12.8. The van der Waals surface area contributed by atoms with Crippen LogP contribution >= 0.6 is 12.2 Å². The molecule has 4 aliphatic carbocycles. The van der Waals surface area contributed by atoms with Gasteiger partial charge in [0.2, 0.25) is 0 Å². The summed E-state index contributed by atoms with van der Waals surface area (Å²) in [7, 11) is 0. The molecule has 158 valence electrons. The highest BCUT2D eigenvalue weighted by atomic mass is 32.1. The van der Waals surface area contributed by atoms with Crippen molar-refractivity contribution in [2.24, 2.45) is 52.1 Å². The van der Waals surface area contributed by atoms with Gasteiger partial charge in [0.25, 0.3) is 0 Å². The van der Waals surface area contributed by atoms with Crippen molar-refractivity contribution in [3.8, 4) is 6.07 Å². The smallest absolute Gasteiger partial charge is 0.133 e. The van der Waals surface area contributed by atoms with Crippen molar-refractivity contribution in [2.45, 2.75) is 71.8 Å². The second-order valence-electron chi connectivity index (χ2n) is 10.7. The third kappa shape index (κ3) is 3.01. The molecule has 0 amide bonds. The maximum Gasteiger partial charge on any atom is 0.133 e. The van der Waals surface area contributed by atoms with E-state index in [2.05, 4.69) is 26.0 Å². The van der Waals surface area contributed by atoms with E-state index in [0.717, 1.165) is 44.9 Å². The number of nitrogens with two attached hydrogens (primary N) is 1. The Morgan fingerprint density at radius 2 is 2.07 bits per heavy atom. The highest BCUT2D eigenvalue weighted by Crippen LogP contribution is 2.68. The molecule has 9 atom stereocenters. The number of ketones is 1. The summed E-state index contributed by atoms with van der Waals surface area (Å²) in [6.07, 6.45) is 9.03. The van der Waals surface area contributed by atoms with Gasteiger partial charge >= 0.3 is 0 Å². The summed E-state index contributed by atoms with van der Waals surface area (Å²) in [5.74, 6) is 1.04. The van der Waals surface area contributed by atoms with Crippen LogP contribution in [0.2, 0.25) is 0 Å². The second-order valence-corrected chi connectivity index (χ2v) is 11.2. The topological polar surface area (TPSA) is 87.1 Å². The van der Waals surface area contributed by atoms with Gasteiger partial charge in [-0.2, -0.15) is 5.26 Å². The number of aliphatic hydroxyl groups excluding tert-OH is 1. The predicted molar refractivity (Wildman–Crippen MR) is 117 cm³/mol. The molecular weight excluding hydrogens is 380 g/mol. The second kappa shape index (κ2) is 7.17. The summed E-state index contributed by atoms with van der Waals surface area (Å²) < 4.78 is 0. The normalized spacial score (nSPS) is 47.1. The van der Waals surface area contributed by atoms with Crippen LogP contribution in [0.15, 0.2) is 11.6 Å². The van der Waals surface area contributed by atoms with Crippen molar-refractivity contribution in [1.82, 2.24) is 0 Å². The third-order valence-corrected chi connectivity index (χ3v) is 9.75. The van der Waals surface area contributed by atoms with Crippen LogP contribution in [-0.2, 0) is 4.79 Å². The van der Waals surface area contributed by atoms with E-state index < -0.39 is 5.92 Å². The lowest BCUT2D eigenvalue weighted by molar-refractivity contribution is -0.129. The Morgan fingerprint density at radius 1 is 1.34 bits per heavy atom. The Bertz CT molecular complexity index is 801. The number of carbonyl (C=O) groups excluding carboxylic acids is 1. The number of nitriles is 1. The fourth-order valence-corrected chi connectivity index (χ4v) is 8.43. The number of thiocarbonyl (C=S) groups is 1. The van der Waals surface area contributed by atoms with Crippen LogP contribution in [0.5, 0.6) is 0 Å². The van der Waals surface area contributed by atoms with Gasteiger partial charge in [-0.15, -0.1) is 0 Å². The van der Waals surface area contributed by atoms with Crippen LogP contribution in [-0.4, -0.2) is 22.0 Å². The molecule has 0 aromatic heterocycles. The lowest BCUT2D eigenvalue weighted by atomic mass is 9.47. The van der Waals surface area contributed by atoms with Gasteiger partial charge < -0.3 is 10.8 Å². The molecule has 0 aromatic carbocycles. The highest BCUT2D eigenvalue weighted by molar-refractivity contribution is 7.80. The number of fused-ring (bicyclic) bond motifs is 5. The van der Waals surface area contributed by atoms with Crippen LogP contribution in [0.1, 0.15) is 65.7 Å². The highest BCUT2D eigenvalue weighted by Gasteiger charge is 2.63. The summed E-state index contributed by atoms with van der Waals surface area (Å²) in [4.78, 5) is 13.1. The zero-order valence-electron chi connectivity index (χ0n) is 17.9. The zero-order valence-corrected chi connectivity index (χ0v) is 18.7. The molecule has 0 saturated heterocycles. The fraction of sp³-hybridized carbons (Fsp3) is 0.792. The SMILES string of the molecule is CC(=O)[C@H]1[C@H]([C@@H](C#N)C(N)=S)C[C@H]2[C@@H]3CC=C4C[C@@H](O)CC[C@]4(C)[C@H]3CC[C@@]21C. The molecule has 0 heterocycles. The van der Waals surface area contributed by atoms with Crippen LogP contribution in [0.4, 0.5) is 0 Å². The van der Waals surface area contributed by atoms with Gasteiger partial charge in [-0.25, -0.2) is 0 Å². The molecule has 4 rings (SSSR count). The number of hydrogen-bond donors (Lipinski definition) is 2. The summed E-state index contributed by atoms with van der Waals surface area (Å²) in [5, 5.41) is 20.0. The van der Waals surface area contributed by atoms with Gasteiger partial charge in [-0.05, 0) is 86.4 Å². The number of aliphatic hydroxyl groups is 1. The average Bonchev–Trinajstić information content (AvgIpc) is 2.95. The number of carbonyl (C=O) groups is 1. The van der Waals surface area contributed by atoms with Gasteiger partial charge in [0.15, 0.2) is 0 Å². The molecule has 0 spiro atoms. The van der Waals surface area contributed by atoms with Crippen molar-refractivity contribution in [1.29, 1.82) is 5.26 Å². The molecular formula is C24H34N2O2S. The van der Waals surface area contributed by atoms with Gasteiger partial charge in [-0.1, -0.05) is 37.7 Å². The largest absolute Gasteiger partial charge is 0.393 e. The van der Waals surface area contributed by atoms with Crippen LogP contribution < -0.4 is 5.73 Å². The number of hydrogen-bond acceptors (Lipinski definition) is 4. The van der Waals surface area contributed by atoms with Crippen molar-refractivity contribution < 1.29 is 9.90 Å². The first-order valence-electron chi connectivity index (χ1n) is 11.2. The Balaban J connectivity index is 1.71. The van der Waals surface area contributed by atoms with Gasteiger partial charge in [0.05, 0.1) is 23.1 Å². The number of Topliss-reactive ketones (excluding diaryl/α,β-unsaturated/α-hetero) is 1. The Kier molecular flexibility index (Phi) is 5.19. The Hall–Kier alpha value is -1.25. The molecule has 29 heavy (non-hydrogen) atoms. The lowest BCUT2D eigenvalue weighted by Gasteiger charge is -2.57. The Morgan fingerprint density at radius 3 is 2.69 bits per heavy atom. The Labute approximate surface area is 179 Å². The van der Waals surface area contributed by atoms with Crippen molar-refractivity contribution in [2.75, 3.05) is 0 Å². The minimum atomic E-state index is -0.519. The summed E-state index contributed by atoms with van der Waals surface area (Å²) in [5.41, 5.74) is 7.49. The van der Waals surface area contributed by atoms with Crippen molar-refractivity contribution >= 4 is 23.0 Å².